The van der Waals surface area contributed by atoms with Crippen LogP contribution in [0.3, 0.4) is 0 Å². The van der Waals surface area contributed by atoms with Gasteiger partial charge in [0.2, 0.25) is 0 Å². The van der Waals surface area contributed by atoms with Crippen molar-refractivity contribution in [3.05, 3.63) is 0 Å². The lowest BCUT2D eigenvalue weighted by atomic mass is 9.88. The summed E-state index contributed by atoms with van der Waals surface area (Å²) in [7, 11) is 0. The standard InChI is InChI=1S/C19H36N2O2/c1-5-15-11-17(20-12-16-9-7-6-8-10-16)14-21(13-15)18(22)23-19(2,3)4/h15-17,20H,5-14H2,1-4H3. The highest BCUT2D eigenvalue weighted by Crippen LogP contribution is 2.25. The van der Waals surface area contributed by atoms with Crippen LogP contribution in [0.5, 0.6) is 0 Å². The summed E-state index contributed by atoms with van der Waals surface area (Å²) in [5.74, 6) is 1.42. The maximum Gasteiger partial charge on any atom is 0.410 e. The number of nitrogens with zero attached hydrogens (tertiary/aromatic N) is 1. The molecule has 1 amide bonds. The predicted octanol–water partition coefficient (Wildman–Crippen LogP) is 4.19. The molecule has 1 saturated heterocycles. The minimum Gasteiger partial charge on any atom is -0.444 e. The van der Waals surface area contributed by atoms with Gasteiger partial charge in [-0.15, -0.1) is 0 Å². The molecule has 0 spiro atoms. The van der Waals surface area contributed by atoms with Gasteiger partial charge >= 0.3 is 6.09 Å². The Morgan fingerprint density at radius 1 is 1.13 bits per heavy atom. The van der Waals surface area contributed by atoms with Gasteiger partial charge in [0.25, 0.3) is 0 Å². The third kappa shape index (κ3) is 6.33. The molecule has 2 unspecified atom stereocenters. The molecule has 4 nitrogen and oxygen atoms in total. The maximum absolute atomic E-state index is 12.4. The SMILES string of the molecule is CCC1CC(NCC2CCCCC2)CN(C(=O)OC(C)(C)C)C1. The van der Waals surface area contributed by atoms with E-state index in [1.54, 1.807) is 0 Å². The van der Waals surface area contributed by atoms with E-state index in [1.165, 1.54) is 38.5 Å². The number of carbonyl (C=O) groups excluding carboxylic acids is 1. The van der Waals surface area contributed by atoms with Gasteiger partial charge in [0.05, 0.1) is 0 Å². The third-order valence-corrected chi connectivity index (χ3v) is 5.19. The van der Waals surface area contributed by atoms with Crippen LogP contribution in [0, 0.1) is 11.8 Å². The van der Waals surface area contributed by atoms with Crippen LogP contribution in [0.1, 0.15) is 72.6 Å². The first-order chi connectivity index (χ1) is 10.9. The van der Waals surface area contributed by atoms with E-state index >= 15 is 0 Å². The molecule has 1 heterocycles. The fourth-order valence-corrected chi connectivity index (χ4v) is 3.85. The molecular weight excluding hydrogens is 288 g/mol. The molecule has 1 aliphatic carbocycles. The van der Waals surface area contributed by atoms with Gasteiger partial charge in [0.15, 0.2) is 0 Å². The summed E-state index contributed by atoms with van der Waals surface area (Å²) in [6.07, 6.45) is 9.07. The number of carbonyl (C=O) groups is 1. The van der Waals surface area contributed by atoms with Gasteiger partial charge in [-0.3, -0.25) is 0 Å². The van der Waals surface area contributed by atoms with Crippen molar-refractivity contribution in [1.82, 2.24) is 10.2 Å². The Morgan fingerprint density at radius 3 is 2.43 bits per heavy atom. The van der Waals surface area contributed by atoms with Crippen LogP contribution in [-0.4, -0.2) is 42.3 Å². The Morgan fingerprint density at radius 2 is 1.83 bits per heavy atom. The van der Waals surface area contributed by atoms with E-state index in [2.05, 4.69) is 12.2 Å². The first-order valence-electron chi connectivity index (χ1n) is 9.58. The normalized spacial score (nSPS) is 27.0. The predicted molar refractivity (Wildman–Crippen MR) is 94.6 cm³/mol. The molecule has 2 fully saturated rings. The van der Waals surface area contributed by atoms with Gasteiger partial charge in [-0.25, -0.2) is 4.79 Å². The largest absolute Gasteiger partial charge is 0.444 e. The van der Waals surface area contributed by atoms with Crippen molar-refractivity contribution in [2.24, 2.45) is 11.8 Å². The summed E-state index contributed by atoms with van der Waals surface area (Å²) >= 11 is 0. The van der Waals surface area contributed by atoms with Crippen molar-refractivity contribution in [1.29, 1.82) is 0 Å². The van der Waals surface area contributed by atoms with Gasteiger partial charge < -0.3 is 15.0 Å². The molecule has 0 aromatic rings. The smallest absolute Gasteiger partial charge is 0.410 e. The van der Waals surface area contributed by atoms with Gasteiger partial charge in [0, 0.05) is 19.1 Å². The molecule has 0 radical (unpaired) electrons. The highest BCUT2D eigenvalue weighted by Gasteiger charge is 2.32. The fourth-order valence-electron chi connectivity index (χ4n) is 3.85. The second-order valence-electron chi connectivity index (χ2n) is 8.50. The highest BCUT2D eigenvalue weighted by atomic mass is 16.6. The summed E-state index contributed by atoms with van der Waals surface area (Å²) in [5.41, 5.74) is -0.415. The average Bonchev–Trinajstić information content (AvgIpc) is 2.52. The van der Waals surface area contributed by atoms with Gasteiger partial charge in [0.1, 0.15) is 5.60 Å². The van der Waals surface area contributed by atoms with E-state index in [1.807, 2.05) is 25.7 Å². The first-order valence-corrected chi connectivity index (χ1v) is 9.58. The summed E-state index contributed by atoms with van der Waals surface area (Å²) in [6.45, 7) is 10.8. The lowest BCUT2D eigenvalue weighted by Crippen LogP contribution is -2.53. The number of piperidine rings is 1. The summed E-state index contributed by atoms with van der Waals surface area (Å²) < 4.78 is 5.57. The molecule has 2 rings (SSSR count). The van der Waals surface area contributed by atoms with Crippen molar-refractivity contribution >= 4 is 6.09 Å². The number of hydrogen-bond acceptors (Lipinski definition) is 3. The zero-order valence-corrected chi connectivity index (χ0v) is 15.6. The highest BCUT2D eigenvalue weighted by molar-refractivity contribution is 5.68. The Kier molecular flexibility index (Phi) is 6.75. The third-order valence-electron chi connectivity index (χ3n) is 5.19. The molecular formula is C19H36N2O2. The zero-order valence-electron chi connectivity index (χ0n) is 15.6. The maximum atomic E-state index is 12.4. The summed E-state index contributed by atoms with van der Waals surface area (Å²) in [5, 5.41) is 3.75. The Labute approximate surface area is 142 Å². The van der Waals surface area contributed by atoms with Crippen molar-refractivity contribution < 1.29 is 9.53 Å². The van der Waals surface area contributed by atoms with E-state index in [-0.39, 0.29) is 6.09 Å². The fraction of sp³-hybridized carbons (Fsp3) is 0.947. The minimum absolute atomic E-state index is 0.153. The van der Waals surface area contributed by atoms with Crippen LogP contribution in [0.2, 0.25) is 0 Å². The number of rotatable bonds is 4. The van der Waals surface area contributed by atoms with Crippen LogP contribution in [0.25, 0.3) is 0 Å². The Balaban J connectivity index is 1.85. The van der Waals surface area contributed by atoms with Crippen LogP contribution < -0.4 is 5.32 Å². The van der Waals surface area contributed by atoms with E-state index < -0.39 is 5.60 Å². The van der Waals surface area contributed by atoms with E-state index in [9.17, 15) is 4.79 Å². The van der Waals surface area contributed by atoms with Crippen LogP contribution in [0.4, 0.5) is 4.79 Å². The second-order valence-corrected chi connectivity index (χ2v) is 8.50. The lowest BCUT2D eigenvalue weighted by Gasteiger charge is -2.39. The van der Waals surface area contributed by atoms with Gasteiger partial charge in [-0.2, -0.15) is 0 Å². The quantitative estimate of drug-likeness (QED) is 0.843. The molecule has 0 aromatic heterocycles. The monoisotopic (exact) mass is 324 g/mol. The molecule has 1 saturated carbocycles. The molecule has 4 heteroatoms. The number of amides is 1. The van der Waals surface area contributed by atoms with E-state index in [0.29, 0.717) is 12.0 Å². The van der Waals surface area contributed by atoms with Crippen molar-refractivity contribution in [2.45, 2.75) is 84.3 Å². The number of likely N-dealkylation sites (tertiary alicyclic amines) is 1. The van der Waals surface area contributed by atoms with E-state index in [0.717, 1.165) is 32.0 Å². The van der Waals surface area contributed by atoms with Crippen LogP contribution >= 0.6 is 0 Å². The van der Waals surface area contributed by atoms with Crippen LogP contribution in [0.15, 0.2) is 0 Å². The Hall–Kier alpha value is -0.770. The molecule has 0 bridgehead atoms. The van der Waals surface area contributed by atoms with Crippen molar-refractivity contribution in [3.8, 4) is 0 Å². The Bertz CT molecular complexity index is 372. The number of hydrogen-bond donors (Lipinski definition) is 1. The van der Waals surface area contributed by atoms with Gasteiger partial charge in [-0.1, -0.05) is 32.6 Å². The van der Waals surface area contributed by atoms with Crippen LogP contribution in [-0.2, 0) is 4.74 Å². The minimum atomic E-state index is -0.415. The molecule has 2 aliphatic rings. The summed E-state index contributed by atoms with van der Waals surface area (Å²) in [6, 6.07) is 0.420. The molecule has 23 heavy (non-hydrogen) atoms. The average molecular weight is 325 g/mol. The lowest BCUT2D eigenvalue weighted by molar-refractivity contribution is 0.0122. The number of ether oxygens (including phenoxy) is 1. The molecule has 1 N–H and O–H groups in total. The second kappa shape index (κ2) is 8.36. The molecule has 0 aromatic carbocycles. The molecule has 2 atom stereocenters. The van der Waals surface area contributed by atoms with Crippen molar-refractivity contribution in [3.63, 3.8) is 0 Å². The topological polar surface area (TPSA) is 41.6 Å². The van der Waals surface area contributed by atoms with E-state index in [4.69, 9.17) is 4.74 Å². The molecule has 1 aliphatic heterocycles. The van der Waals surface area contributed by atoms with Gasteiger partial charge in [-0.05, 0) is 58.4 Å². The molecule has 134 valence electrons. The number of nitrogens with one attached hydrogen (secondary N) is 1. The first kappa shape index (κ1) is 18.6. The summed E-state index contributed by atoms with van der Waals surface area (Å²) in [4.78, 5) is 14.3. The van der Waals surface area contributed by atoms with Crippen molar-refractivity contribution in [2.75, 3.05) is 19.6 Å². The zero-order chi connectivity index (χ0) is 16.9.